The van der Waals surface area contributed by atoms with Gasteiger partial charge in [0.25, 0.3) is 5.91 Å². The third-order valence-electron chi connectivity index (χ3n) is 4.91. The van der Waals surface area contributed by atoms with Gasteiger partial charge in [0.2, 0.25) is 0 Å². The Morgan fingerprint density at radius 2 is 1.42 bits per heavy atom. The van der Waals surface area contributed by atoms with Crippen LogP contribution in [0.25, 0.3) is 11.1 Å². The van der Waals surface area contributed by atoms with Gasteiger partial charge in [0.05, 0.1) is 6.42 Å². The van der Waals surface area contributed by atoms with Gasteiger partial charge in [-0.2, -0.15) is 0 Å². The maximum atomic E-state index is 12.4. The van der Waals surface area contributed by atoms with Crippen molar-refractivity contribution in [3.8, 4) is 11.1 Å². The van der Waals surface area contributed by atoms with E-state index in [0.717, 1.165) is 23.1 Å². The first-order chi connectivity index (χ1) is 15.1. The van der Waals surface area contributed by atoms with E-state index in [4.69, 9.17) is 4.74 Å². The van der Waals surface area contributed by atoms with Crippen LogP contribution in [0.3, 0.4) is 0 Å². The molecule has 0 atom stereocenters. The molecule has 0 bridgehead atoms. The number of esters is 1. The first kappa shape index (κ1) is 22.0. The molecule has 0 unspecified atom stereocenters. The van der Waals surface area contributed by atoms with E-state index in [0.29, 0.717) is 11.3 Å². The van der Waals surface area contributed by atoms with Crippen molar-refractivity contribution in [2.75, 3.05) is 11.9 Å². The molecule has 3 rings (SSSR count). The number of aryl methyl sites for hydroxylation is 1. The minimum atomic E-state index is -0.576. The number of amides is 1. The Morgan fingerprint density at radius 3 is 2.13 bits per heavy atom. The van der Waals surface area contributed by atoms with E-state index in [1.54, 1.807) is 18.2 Å². The minimum Gasteiger partial charge on any atom is -0.456 e. The highest BCUT2D eigenvalue weighted by Gasteiger charge is 2.13. The van der Waals surface area contributed by atoms with Gasteiger partial charge in [0.15, 0.2) is 12.4 Å². The Kier molecular flexibility index (Phi) is 7.71. The summed E-state index contributed by atoms with van der Waals surface area (Å²) in [5.41, 5.74) is 4.35. The molecular weight excluding hydrogens is 390 g/mol. The van der Waals surface area contributed by atoms with Crippen LogP contribution in [0.2, 0.25) is 0 Å². The molecular formula is C26H25NO4. The Hall–Kier alpha value is -3.73. The molecule has 1 amide bonds. The molecule has 0 saturated heterocycles. The summed E-state index contributed by atoms with van der Waals surface area (Å²) in [7, 11) is 0. The van der Waals surface area contributed by atoms with Crippen LogP contribution in [-0.4, -0.2) is 24.3 Å². The van der Waals surface area contributed by atoms with E-state index in [1.165, 1.54) is 0 Å². The molecule has 0 aliphatic heterocycles. The monoisotopic (exact) mass is 415 g/mol. The van der Waals surface area contributed by atoms with Gasteiger partial charge >= 0.3 is 5.97 Å². The van der Waals surface area contributed by atoms with Gasteiger partial charge in [-0.15, -0.1) is 0 Å². The van der Waals surface area contributed by atoms with Gasteiger partial charge in [0, 0.05) is 17.7 Å². The molecule has 3 aromatic rings. The van der Waals surface area contributed by atoms with Crippen molar-refractivity contribution < 1.29 is 19.1 Å². The van der Waals surface area contributed by atoms with E-state index >= 15 is 0 Å². The smallest absolute Gasteiger partial charge is 0.306 e. The predicted molar refractivity (Wildman–Crippen MR) is 121 cm³/mol. The number of carbonyl (C=O) groups excluding carboxylic acids is 3. The van der Waals surface area contributed by atoms with Gasteiger partial charge in [-0.3, -0.25) is 14.4 Å². The first-order valence-corrected chi connectivity index (χ1v) is 10.3. The molecule has 0 spiro atoms. The SMILES string of the molecule is CCc1ccccc1NC(=O)COC(=O)CCC(=O)c1ccc(-c2ccccc2)cc1. The molecule has 5 heteroatoms. The van der Waals surface area contributed by atoms with Crippen molar-refractivity contribution in [1.82, 2.24) is 0 Å². The van der Waals surface area contributed by atoms with Crippen LogP contribution in [0.5, 0.6) is 0 Å². The number of anilines is 1. The summed E-state index contributed by atoms with van der Waals surface area (Å²) in [6.07, 6.45) is 0.743. The van der Waals surface area contributed by atoms with Crippen molar-refractivity contribution in [2.24, 2.45) is 0 Å². The Balaban J connectivity index is 1.44. The standard InChI is InChI=1S/C26H25NO4/c1-2-19-8-6-7-11-23(19)27-25(29)18-31-26(30)17-16-24(28)22-14-12-21(13-15-22)20-9-4-3-5-10-20/h3-15H,2,16-18H2,1H3,(H,27,29). The highest BCUT2D eigenvalue weighted by atomic mass is 16.5. The molecule has 0 saturated carbocycles. The normalized spacial score (nSPS) is 10.4. The fourth-order valence-electron chi connectivity index (χ4n) is 3.19. The fraction of sp³-hybridized carbons (Fsp3) is 0.192. The lowest BCUT2D eigenvalue weighted by Gasteiger charge is -2.10. The van der Waals surface area contributed by atoms with Gasteiger partial charge in [-0.05, 0) is 29.2 Å². The maximum absolute atomic E-state index is 12.4. The average molecular weight is 415 g/mol. The molecule has 0 aliphatic rings. The van der Waals surface area contributed by atoms with Crippen LogP contribution in [-0.2, 0) is 20.7 Å². The van der Waals surface area contributed by atoms with Gasteiger partial charge in [0.1, 0.15) is 0 Å². The number of para-hydroxylation sites is 1. The summed E-state index contributed by atoms with van der Waals surface area (Å²) in [5.74, 6) is -1.12. The van der Waals surface area contributed by atoms with Crippen LogP contribution in [0.4, 0.5) is 5.69 Å². The zero-order valence-corrected chi connectivity index (χ0v) is 17.5. The van der Waals surface area contributed by atoms with E-state index in [1.807, 2.05) is 67.6 Å². The first-order valence-electron chi connectivity index (χ1n) is 10.3. The second-order valence-corrected chi connectivity index (χ2v) is 7.09. The third kappa shape index (κ3) is 6.37. The molecule has 3 aromatic carbocycles. The predicted octanol–water partition coefficient (Wildman–Crippen LogP) is 5.06. The summed E-state index contributed by atoms with van der Waals surface area (Å²) in [5, 5.41) is 2.74. The number of carbonyl (C=O) groups is 3. The fourth-order valence-corrected chi connectivity index (χ4v) is 3.19. The highest BCUT2D eigenvalue weighted by Crippen LogP contribution is 2.20. The van der Waals surface area contributed by atoms with Crippen LogP contribution in [0.1, 0.15) is 35.7 Å². The van der Waals surface area contributed by atoms with E-state index in [-0.39, 0.29) is 25.2 Å². The highest BCUT2D eigenvalue weighted by molar-refractivity contribution is 5.98. The number of rotatable bonds is 9. The van der Waals surface area contributed by atoms with Gasteiger partial charge < -0.3 is 10.1 Å². The number of ether oxygens (including phenoxy) is 1. The molecule has 5 nitrogen and oxygen atoms in total. The van der Waals surface area contributed by atoms with Crippen molar-refractivity contribution in [2.45, 2.75) is 26.2 Å². The minimum absolute atomic E-state index is 0.0316. The van der Waals surface area contributed by atoms with Crippen LogP contribution in [0.15, 0.2) is 78.9 Å². The summed E-state index contributed by atoms with van der Waals surface area (Å²) >= 11 is 0. The van der Waals surface area contributed by atoms with E-state index in [9.17, 15) is 14.4 Å². The summed E-state index contributed by atoms with van der Waals surface area (Å²) in [6, 6.07) is 24.6. The molecule has 0 fully saturated rings. The Labute approximate surface area is 182 Å². The van der Waals surface area contributed by atoms with Crippen LogP contribution < -0.4 is 5.32 Å². The number of hydrogen-bond donors (Lipinski definition) is 1. The quantitative estimate of drug-likeness (QED) is 0.392. The van der Waals surface area contributed by atoms with Crippen molar-refractivity contribution in [3.05, 3.63) is 90.0 Å². The van der Waals surface area contributed by atoms with E-state index < -0.39 is 11.9 Å². The van der Waals surface area contributed by atoms with Crippen LogP contribution in [0, 0.1) is 0 Å². The summed E-state index contributed by atoms with van der Waals surface area (Å²) in [6.45, 7) is 1.62. The van der Waals surface area contributed by atoms with Crippen molar-refractivity contribution in [3.63, 3.8) is 0 Å². The van der Waals surface area contributed by atoms with Gasteiger partial charge in [-0.25, -0.2) is 0 Å². The lowest BCUT2D eigenvalue weighted by Crippen LogP contribution is -2.21. The van der Waals surface area contributed by atoms with E-state index in [2.05, 4.69) is 5.32 Å². The average Bonchev–Trinajstić information content (AvgIpc) is 2.82. The molecule has 158 valence electrons. The zero-order valence-electron chi connectivity index (χ0n) is 17.5. The molecule has 1 N–H and O–H groups in total. The lowest BCUT2D eigenvalue weighted by molar-refractivity contribution is -0.147. The van der Waals surface area contributed by atoms with Crippen molar-refractivity contribution in [1.29, 1.82) is 0 Å². The summed E-state index contributed by atoms with van der Waals surface area (Å²) < 4.78 is 5.01. The largest absolute Gasteiger partial charge is 0.456 e. The van der Waals surface area contributed by atoms with Crippen molar-refractivity contribution >= 4 is 23.3 Å². The lowest BCUT2D eigenvalue weighted by atomic mass is 10.0. The Morgan fingerprint density at radius 1 is 0.774 bits per heavy atom. The van der Waals surface area contributed by atoms with Crippen LogP contribution >= 0.6 is 0 Å². The topological polar surface area (TPSA) is 72.5 Å². The molecule has 0 radical (unpaired) electrons. The number of benzene rings is 3. The molecule has 0 aromatic heterocycles. The second kappa shape index (κ2) is 10.9. The number of ketones is 1. The third-order valence-corrected chi connectivity index (χ3v) is 4.91. The Bertz CT molecular complexity index is 1040. The summed E-state index contributed by atoms with van der Waals surface area (Å²) in [4.78, 5) is 36.3. The maximum Gasteiger partial charge on any atom is 0.306 e. The number of Topliss-reactive ketones (excluding diaryl/α,β-unsaturated/α-hetero) is 1. The second-order valence-electron chi connectivity index (χ2n) is 7.09. The molecule has 31 heavy (non-hydrogen) atoms. The number of nitrogens with one attached hydrogen (secondary N) is 1. The molecule has 0 aliphatic carbocycles. The van der Waals surface area contributed by atoms with Gasteiger partial charge in [-0.1, -0.05) is 79.7 Å². The molecule has 0 heterocycles. The number of hydrogen-bond acceptors (Lipinski definition) is 4. The zero-order chi connectivity index (χ0) is 22.1.